The van der Waals surface area contributed by atoms with Gasteiger partial charge in [-0.2, -0.15) is 0 Å². The first kappa shape index (κ1) is 13.4. The zero-order valence-electron chi connectivity index (χ0n) is 11.8. The van der Waals surface area contributed by atoms with Crippen LogP contribution in [-0.2, 0) is 4.79 Å². The Kier molecular flexibility index (Phi) is 3.30. The van der Waals surface area contributed by atoms with Crippen LogP contribution < -0.4 is 10.2 Å². The second kappa shape index (κ2) is 5.18. The molecular formula is C15H17N3OS2. The number of thioether (sulfide) groups is 1. The van der Waals surface area contributed by atoms with Crippen molar-refractivity contribution in [2.75, 3.05) is 24.2 Å². The molecule has 4 nitrogen and oxygen atoms in total. The first-order valence-electron chi connectivity index (χ1n) is 7.23. The molecule has 6 heteroatoms. The largest absolute Gasteiger partial charge is 0.353 e. The van der Waals surface area contributed by atoms with E-state index in [-0.39, 0.29) is 11.8 Å². The van der Waals surface area contributed by atoms with Gasteiger partial charge in [-0.3, -0.25) is 4.79 Å². The summed E-state index contributed by atoms with van der Waals surface area (Å²) in [6.45, 7) is 1.60. The Hall–Kier alpha value is -1.27. The van der Waals surface area contributed by atoms with Crippen molar-refractivity contribution in [2.45, 2.75) is 23.8 Å². The fraction of sp³-hybridized carbons (Fsp3) is 0.467. The summed E-state index contributed by atoms with van der Waals surface area (Å²) < 4.78 is 1.22. The van der Waals surface area contributed by atoms with E-state index in [0.29, 0.717) is 6.04 Å². The van der Waals surface area contributed by atoms with E-state index >= 15 is 0 Å². The van der Waals surface area contributed by atoms with E-state index in [4.69, 9.17) is 0 Å². The van der Waals surface area contributed by atoms with Gasteiger partial charge >= 0.3 is 0 Å². The Bertz CT molecular complexity index is 689. The van der Waals surface area contributed by atoms with E-state index in [9.17, 15) is 4.79 Å². The van der Waals surface area contributed by atoms with Gasteiger partial charge in [0.1, 0.15) is 0 Å². The predicted octanol–water partition coefficient (Wildman–Crippen LogP) is 2.73. The highest BCUT2D eigenvalue weighted by molar-refractivity contribution is 7.98. The highest BCUT2D eigenvalue weighted by Crippen LogP contribution is 2.34. The zero-order chi connectivity index (χ0) is 14.4. The summed E-state index contributed by atoms with van der Waals surface area (Å²) in [5, 5.41) is 4.12. The van der Waals surface area contributed by atoms with E-state index in [1.807, 2.05) is 0 Å². The molecule has 21 heavy (non-hydrogen) atoms. The maximum atomic E-state index is 12.0. The average Bonchev–Trinajstić information content (AvgIpc) is 3.13. The molecule has 2 aromatic rings. The molecule has 1 amide bonds. The van der Waals surface area contributed by atoms with Crippen molar-refractivity contribution in [2.24, 2.45) is 5.92 Å². The second-order valence-electron chi connectivity index (χ2n) is 5.71. The van der Waals surface area contributed by atoms with Crippen LogP contribution in [0.3, 0.4) is 0 Å². The molecule has 1 aromatic heterocycles. The number of benzene rings is 1. The normalized spacial score (nSPS) is 18.8. The molecule has 0 spiro atoms. The average molecular weight is 319 g/mol. The van der Waals surface area contributed by atoms with E-state index in [1.165, 1.54) is 9.60 Å². The Morgan fingerprint density at radius 3 is 2.95 bits per heavy atom. The van der Waals surface area contributed by atoms with Gasteiger partial charge in [-0.05, 0) is 37.3 Å². The van der Waals surface area contributed by atoms with Gasteiger partial charge in [0.25, 0.3) is 0 Å². The first-order valence-corrected chi connectivity index (χ1v) is 9.27. The molecule has 110 valence electrons. The van der Waals surface area contributed by atoms with Crippen LogP contribution in [0.15, 0.2) is 23.1 Å². The number of carbonyl (C=O) groups is 1. The van der Waals surface area contributed by atoms with Gasteiger partial charge in [-0.25, -0.2) is 4.98 Å². The molecule has 2 aliphatic rings. The van der Waals surface area contributed by atoms with E-state index in [0.717, 1.165) is 36.6 Å². The van der Waals surface area contributed by atoms with Crippen LogP contribution in [0.5, 0.6) is 0 Å². The Labute approximate surface area is 131 Å². The molecule has 4 rings (SSSR count). The third-order valence-electron chi connectivity index (χ3n) is 4.03. The molecule has 0 bridgehead atoms. The summed E-state index contributed by atoms with van der Waals surface area (Å²) in [4.78, 5) is 20.1. The number of rotatable bonds is 4. The summed E-state index contributed by atoms with van der Waals surface area (Å²) >= 11 is 3.47. The van der Waals surface area contributed by atoms with Crippen LogP contribution in [0.4, 0.5) is 5.13 Å². The van der Waals surface area contributed by atoms with Gasteiger partial charge in [0.15, 0.2) is 5.13 Å². The third kappa shape index (κ3) is 2.62. The molecule has 1 saturated carbocycles. The molecule has 1 aromatic carbocycles. The zero-order valence-corrected chi connectivity index (χ0v) is 13.5. The molecule has 1 N–H and O–H groups in total. The van der Waals surface area contributed by atoms with Crippen molar-refractivity contribution < 1.29 is 4.79 Å². The van der Waals surface area contributed by atoms with Crippen LogP contribution in [0.2, 0.25) is 0 Å². The fourth-order valence-corrected chi connectivity index (χ4v) is 4.04. The fourth-order valence-electron chi connectivity index (χ4n) is 2.50. The minimum Gasteiger partial charge on any atom is -0.353 e. The van der Waals surface area contributed by atoms with Gasteiger partial charge in [-0.15, -0.1) is 11.8 Å². The van der Waals surface area contributed by atoms with Gasteiger partial charge < -0.3 is 10.2 Å². The number of nitrogens with one attached hydrogen (secondary N) is 1. The lowest BCUT2D eigenvalue weighted by atomic mass is 10.0. The van der Waals surface area contributed by atoms with Crippen molar-refractivity contribution in [1.82, 2.24) is 10.3 Å². The molecule has 1 aliphatic carbocycles. The Morgan fingerprint density at radius 2 is 2.24 bits per heavy atom. The van der Waals surface area contributed by atoms with Gasteiger partial charge in [0, 0.05) is 24.0 Å². The lowest BCUT2D eigenvalue weighted by molar-refractivity contribution is -0.125. The van der Waals surface area contributed by atoms with E-state index in [2.05, 4.69) is 39.7 Å². The molecule has 1 aliphatic heterocycles. The SMILES string of the molecule is CSc1ccc2nc(N3CC(C(=O)NC4CC4)C3)sc2c1. The van der Waals surface area contributed by atoms with Crippen molar-refractivity contribution in [3.05, 3.63) is 18.2 Å². The highest BCUT2D eigenvalue weighted by Gasteiger charge is 2.36. The number of hydrogen-bond donors (Lipinski definition) is 1. The monoisotopic (exact) mass is 319 g/mol. The minimum atomic E-state index is 0.138. The standard InChI is InChI=1S/C15H17N3OS2/c1-20-11-4-5-12-13(6-11)21-15(17-12)18-7-9(8-18)14(19)16-10-2-3-10/h4-6,9-10H,2-3,7-8H2,1H3,(H,16,19). The van der Waals surface area contributed by atoms with Gasteiger partial charge in [0.05, 0.1) is 16.1 Å². The number of thiazole rings is 1. The van der Waals surface area contributed by atoms with Crippen molar-refractivity contribution in [1.29, 1.82) is 0 Å². The van der Waals surface area contributed by atoms with Gasteiger partial charge in [-0.1, -0.05) is 11.3 Å². The van der Waals surface area contributed by atoms with Crippen molar-refractivity contribution in [3.8, 4) is 0 Å². The second-order valence-corrected chi connectivity index (χ2v) is 7.60. The molecule has 0 atom stereocenters. The maximum Gasteiger partial charge on any atom is 0.226 e. The summed E-state index contributed by atoms with van der Waals surface area (Å²) in [7, 11) is 0. The smallest absolute Gasteiger partial charge is 0.226 e. The Morgan fingerprint density at radius 1 is 1.43 bits per heavy atom. The molecule has 2 fully saturated rings. The molecular weight excluding hydrogens is 302 g/mol. The number of fused-ring (bicyclic) bond motifs is 1. The maximum absolute atomic E-state index is 12.0. The van der Waals surface area contributed by atoms with Crippen LogP contribution in [-0.4, -0.2) is 36.3 Å². The van der Waals surface area contributed by atoms with Crippen LogP contribution in [0.1, 0.15) is 12.8 Å². The molecule has 0 unspecified atom stereocenters. The number of hydrogen-bond acceptors (Lipinski definition) is 5. The van der Waals surface area contributed by atoms with Gasteiger partial charge in [0.2, 0.25) is 5.91 Å². The molecule has 2 heterocycles. The molecule has 1 saturated heterocycles. The quantitative estimate of drug-likeness (QED) is 0.880. The number of carbonyl (C=O) groups excluding carboxylic acids is 1. The predicted molar refractivity (Wildman–Crippen MR) is 88.3 cm³/mol. The summed E-state index contributed by atoms with van der Waals surface area (Å²) in [5.74, 6) is 0.360. The Balaban J connectivity index is 1.44. The lowest BCUT2D eigenvalue weighted by Crippen LogP contribution is -2.54. The number of amides is 1. The lowest BCUT2D eigenvalue weighted by Gasteiger charge is -2.37. The van der Waals surface area contributed by atoms with Crippen LogP contribution in [0.25, 0.3) is 10.2 Å². The third-order valence-corrected chi connectivity index (χ3v) is 5.84. The number of anilines is 1. The summed E-state index contributed by atoms with van der Waals surface area (Å²) in [5.41, 5.74) is 1.05. The minimum absolute atomic E-state index is 0.138. The topological polar surface area (TPSA) is 45.2 Å². The van der Waals surface area contributed by atoms with Crippen molar-refractivity contribution >= 4 is 44.4 Å². The van der Waals surface area contributed by atoms with Crippen LogP contribution in [0, 0.1) is 5.92 Å². The molecule has 0 radical (unpaired) electrons. The van der Waals surface area contributed by atoms with Crippen LogP contribution >= 0.6 is 23.1 Å². The number of aromatic nitrogens is 1. The van der Waals surface area contributed by atoms with Crippen molar-refractivity contribution in [3.63, 3.8) is 0 Å². The summed E-state index contributed by atoms with van der Waals surface area (Å²) in [6, 6.07) is 6.84. The van der Waals surface area contributed by atoms with E-state index in [1.54, 1.807) is 23.1 Å². The number of nitrogens with zero attached hydrogens (tertiary/aromatic N) is 2. The highest BCUT2D eigenvalue weighted by atomic mass is 32.2. The summed E-state index contributed by atoms with van der Waals surface area (Å²) in [6.07, 6.45) is 4.39. The first-order chi connectivity index (χ1) is 10.2. The van der Waals surface area contributed by atoms with E-state index < -0.39 is 0 Å².